The van der Waals surface area contributed by atoms with E-state index in [0.717, 1.165) is 17.8 Å². The van der Waals surface area contributed by atoms with E-state index in [1.807, 2.05) is 0 Å². The Balaban J connectivity index is 2.75. The molecule has 18 heavy (non-hydrogen) atoms. The topological polar surface area (TPSA) is 71.5 Å². The van der Waals surface area contributed by atoms with Crippen LogP contribution in [0.2, 0.25) is 5.15 Å². The lowest BCUT2D eigenvalue weighted by molar-refractivity contribution is 0.0606. The first-order chi connectivity index (χ1) is 8.47. The van der Waals surface area contributed by atoms with Crippen molar-refractivity contribution in [3.05, 3.63) is 10.0 Å². The fourth-order valence-electron chi connectivity index (χ4n) is 1.50. The number of aromatic nitrogens is 1. The third-order valence-electron chi connectivity index (χ3n) is 2.26. The molecule has 0 bridgehead atoms. The Bertz CT molecular complexity index is 409. The summed E-state index contributed by atoms with van der Waals surface area (Å²) in [6, 6.07) is -0.0993. The van der Waals surface area contributed by atoms with E-state index in [9.17, 15) is 9.90 Å². The summed E-state index contributed by atoms with van der Waals surface area (Å²) in [7, 11) is 1.29. The van der Waals surface area contributed by atoms with Crippen LogP contribution >= 0.6 is 22.9 Å². The lowest BCUT2D eigenvalue weighted by atomic mass is 10.1. The molecule has 0 aromatic carbocycles. The number of hydrogen-bond donors (Lipinski definition) is 2. The van der Waals surface area contributed by atoms with Gasteiger partial charge in [-0.1, -0.05) is 36.8 Å². The van der Waals surface area contributed by atoms with Crippen molar-refractivity contribution in [3.8, 4) is 0 Å². The van der Waals surface area contributed by atoms with E-state index in [1.54, 1.807) is 0 Å². The van der Waals surface area contributed by atoms with Crippen molar-refractivity contribution in [1.82, 2.24) is 4.98 Å². The second-order valence-electron chi connectivity index (χ2n) is 4.28. The van der Waals surface area contributed by atoms with Crippen LogP contribution in [0.5, 0.6) is 0 Å². The zero-order chi connectivity index (χ0) is 13.7. The van der Waals surface area contributed by atoms with Gasteiger partial charge in [-0.2, -0.15) is 0 Å². The molecule has 1 aromatic rings. The van der Waals surface area contributed by atoms with E-state index >= 15 is 0 Å². The van der Waals surface area contributed by atoms with Crippen molar-refractivity contribution < 1.29 is 14.6 Å². The van der Waals surface area contributed by atoms with Crippen LogP contribution in [-0.2, 0) is 4.74 Å². The third kappa shape index (κ3) is 4.12. The zero-order valence-electron chi connectivity index (χ0n) is 10.6. The van der Waals surface area contributed by atoms with Gasteiger partial charge >= 0.3 is 5.97 Å². The van der Waals surface area contributed by atoms with E-state index in [2.05, 4.69) is 28.9 Å². The summed E-state index contributed by atoms with van der Waals surface area (Å²) in [5.74, 6) is -0.0554. The molecule has 5 nitrogen and oxygen atoms in total. The first-order valence-corrected chi connectivity index (χ1v) is 6.79. The molecular weight excluding hydrogens is 276 g/mol. The van der Waals surface area contributed by atoms with Crippen molar-refractivity contribution in [2.75, 3.05) is 19.0 Å². The Labute approximate surface area is 115 Å². The number of carbonyl (C=O) groups excluding carboxylic acids is 1. The number of nitrogens with zero attached hydrogens (tertiary/aromatic N) is 1. The molecule has 0 aliphatic carbocycles. The average molecular weight is 293 g/mol. The summed E-state index contributed by atoms with van der Waals surface area (Å²) in [4.78, 5) is 15.7. The minimum Gasteiger partial charge on any atom is -0.465 e. The number of carbonyl (C=O) groups is 1. The van der Waals surface area contributed by atoms with Gasteiger partial charge in [0.1, 0.15) is 0 Å². The van der Waals surface area contributed by atoms with Gasteiger partial charge in [0.2, 0.25) is 0 Å². The van der Waals surface area contributed by atoms with E-state index in [4.69, 9.17) is 11.6 Å². The Morgan fingerprint density at radius 1 is 1.61 bits per heavy atom. The zero-order valence-corrected chi connectivity index (χ0v) is 12.1. The molecule has 1 rings (SSSR count). The Kier molecular flexibility index (Phi) is 5.84. The Morgan fingerprint density at radius 2 is 2.28 bits per heavy atom. The van der Waals surface area contributed by atoms with Crippen LogP contribution in [-0.4, -0.2) is 35.8 Å². The highest BCUT2D eigenvalue weighted by atomic mass is 35.5. The Hall–Kier alpha value is -0.850. The van der Waals surface area contributed by atoms with Crippen LogP contribution in [0.15, 0.2) is 0 Å². The number of anilines is 1. The third-order valence-corrected chi connectivity index (χ3v) is 3.61. The maximum atomic E-state index is 11.4. The molecule has 0 saturated heterocycles. The molecule has 2 N–H and O–H groups in total. The van der Waals surface area contributed by atoms with Gasteiger partial charge in [-0.15, -0.1) is 0 Å². The summed E-state index contributed by atoms with van der Waals surface area (Å²) in [5.41, 5.74) is 0. The van der Waals surface area contributed by atoms with Gasteiger partial charge in [0.15, 0.2) is 15.2 Å². The quantitative estimate of drug-likeness (QED) is 0.788. The molecule has 0 radical (unpaired) electrons. The van der Waals surface area contributed by atoms with Crippen molar-refractivity contribution in [2.24, 2.45) is 5.92 Å². The number of thiazole rings is 1. The lowest BCUT2D eigenvalue weighted by Gasteiger charge is -2.17. The van der Waals surface area contributed by atoms with Gasteiger partial charge in [0.25, 0.3) is 0 Å². The molecule has 1 unspecified atom stereocenters. The summed E-state index contributed by atoms with van der Waals surface area (Å²) < 4.78 is 4.60. The number of methoxy groups -OCH3 is 1. The molecule has 0 spiro atoms. The number of esters is 1. The van der Waals surface area contributed by atoms with Crippen LogP contribution in [0, 0.1) is 5.92 Å². The summed E-state index contributed by atoms with van der Waals surface area (Å²) in [5, 5.41) is 13.0. The minimum atomic E-state index is -0.505. The molecule has 1 atom stereocenters. The van der Waals surface area contributed by atoms with Crippen molar-refractivity contribution in [2.45, 2.75) is 26.3 Å². The number of aliphatic hydroxyl groups is 1. The maximum absolute atomic E-state index is 11.4. The fraction of sp³-hybridized carbons (Fsp3) is 0.636. The number of ether oxygens (including phenoxy) is 1. The fourth-order valence-corrected chi connectivity index (χ4v) is 2.68. The molecule has 0 aliphatic rings. The van der Waals surface area contributed by atoms with E-state index in [1.165, 1.54) is 7.11 Å². The molecule has 7 heteroatoms. The molecule has 0 fully saturated rings. The predicted octanol–water partition coefficient (Wildman–Crippen LogP) is 2.40. The molecule has 0 saturated carbocycles. The van der Waals surface area contributed by atoms with E-state index in [-0.39, 0.29) is 22.7 Å². The molecular formula is C11H17ClN2O3S. The molecule has 0 amide bonds. The Morgan fingerprint density at radius 3 is 2.78 bits per heavy atom. The van der Waals surface area contributed by atoms with Crippen molar-refractivity contribution in [3.63, 3.8) is 0 Å². The van der Waals surface area contributed by atoms with Crippen LogP contribution < -0.4 is 5.32 Å². The first-order valence-electron chi connectivity index (χ1n) is 5.60. The van der Waals surface area contributed by atoms with Gasteiger partial charge < -0.3 is 15.2 Å². The molecule has 102 valence electrons. The highest BCUT2D eigenvalue weighted by Gasteiger charge is 2.19. The normalized spacial score (nSPS) is 12.6. The number of hydrogen-bond acceptors (Lipinski definition) is 6. The summed E-state index contributed by atoms with van der Waals surface area (Å²) >= 11 is 6.97. The first kappa shape index (κ1) is 15.2. The van der Waals surface area contributed by atoms with Crippen molar-refractivity contribution >= 4 is 34.0 Å². The summed E-state index contributed by atoms with van der Waals surface area (Å²) in [6.45, 7) is 4.14. The van der Waals surface area contributed by atoms with E-state index in [0.29, 0.717) is 11.0 Å². The lowest BCUT2D eigenvalue weighted by Crippen LogP contribution is -2.25. The van der Waals surface area contributed by atoms with Crippen LogP contribution in [0.3, 0.4) is 0 Å². The number of aliphatic hydroxyl groups excluding tert-OH is 1. The number of nitrogens with one attached hydrogen (secondary N) is 1. The smallest absolute Gasteiger partial charge is 0.351 e. The van der Waals surface area contributed by atoms with E-state index < -0.39 is 5.97 Å². The number of rotatable bonds is 6. The SMILES string of the molecule is COC(=O)c1sc(NC(CO)CC(C)C)nc1Cl. The minimum absolute atomic E-state index is 0.00291. The van der Waals surface area contributed by atoms with Gasteiger partial charge in [-0.05, 0) is 12.3 Å². The summed E-state index contributed by atoms with van der Waals surface area (Å²) in [6.07, 6.45) is 0.807. The standard InChI is InChI=1S/C11H17ClN2O3S/c1-6(2)4-7(5-15)13-11-14-9(12)8(18-11)10(16)17-3/h6-7,15H,4-5H2,1-3H3,(H,13,14). The van der Waals surface area contributed by atoms with Crippen LogP contribution in [0.1, 0.15) is 29.9 Å². The molecule has 1 aromatic heterocycles. The molecule has 0 aliphatic heterocycles. The van der Waals surface area contributed by atoms with Crippen molar-refractivity contribution in [1.29, 1.82) is 0 Å². The second kappa shape index (κ2) is 6.92. The largest absolute Gasteiger partial charge is 0.465 e. The number of halogens is 1. The highest BCUT2D eigenvalue weighted by molar-refractivity contribution is 7.18. The maximum Gasteiger partial charge on any atom is 0.351 e. The highest BCUT2D eigenvalue weighted by Crippen LogP contribution is 2.28. The van der Waals surface area contributed by atoms with Crippen LogP contribution in [0.4, 0.5) is 5.13 Å². The van der Waals surface area contributed by atoms with Gasteiger partial charge in [0, 0.05) is 0 Å². The average Bonchev–Trinajstić information content (AvgIpc) is 2.67. The van der Waals surface area contributed by atoms with Gasteiger partial charge in [-0.3, -0.25) is 0 Å². The monoisotopic (exact) mass is 292 g/mol. The van der Waals surface area contributed by atoms with Gasteiger partial charge in [-0.25, -0.2) is 9.78 Å². The predicted molar refractivity (Wildman–Crippen MR) is 72.4 cm³/mol. The van der Waals surface area contributed by atoms with Crippen LogP contribution in [0.25, 0.3) is 0 Å². The second-order valence-corrected chi connectivity index (χ2v) is 5.64. The molecule has 1 heterocycles. The van der Waals surface area contributed by atoms with Gasteiger partial charge in [0.05, 0.1) is 19.8 Å².